The molecule has 2 fully saturated rings. The Morgan fingerprint density at radius 3 is 2.24 bits per heavy atom. The summed E-state index contributed by atoms with van der Waals surface area (Å²) < 4.78 is 4.76. The molecular weight excluding hydrogens is 430 g/mol. The third kappa shape index (κ3) is 14.3. The minimum absolute atomic E-state index is 0. The number of rotatable bonds is 6. The number of methoxy groups -OCH3 is 1. The van der Waals surface area contributed by atoms with E-state index in [1.807, 2.05) is 19.9 Å². The predicted octanol–water partition coefficient (Wildman–Crippen LogP) is 4.72. The van der Waals surface area contributed by atoms with Crippen molar-refractivity contribution in [3.63, 3.8) is 0 Å². The highest BCUT2D eigenvalue weighted by atomic mass is 17.1. The summed E-state index contributed by atoms with van der Waals surface area (Å²) in [4.78, 5) is 4.32. The van der Waals surface area contributed by atoms with Gasteiger partial charge in [-0.2, -0.15) is 5.10 Å². The maximum absolute atomic E-state index is 8.50. The molecule has 5 N–H and O–H groups in total. The maximum Gasteiger partial charge on any atom is 0.156 e. The summed E-state index contributed by atoms with van der Waals surface area (Å²) in [5.74, 6) is 0.764. The van der Waals surface area contributed by atoms with Crippen LogP contribution >= 0.6 is 0 Å². The van der Waals surface area contributed by atoms with Crippen molar-refractivity contribution in [3.8, 4) is 5.75 Å². The topological polar surface area (TPSA) is 103 Å². The van der Waals surface area contributed by atoms with E-state index in [9.17, 15) is 0 Å². The van der Waals surface area contributed by atoms with E-state index in [1.165, 1.54) is 5.56 Å². The average molecular weight is 482 g/mol. The molecule has 198 valence electrons. The molecule has 0 bridgehead atoms. The lowest BCUT2D eigenvalue weighted by Crippen LogP contribution is -2.46. The van der Waals surface area contributed by atoms with Crippen LogP contribution in [-0.2, 0) is 11.4 Å². The second-order valence-electron chi connectivity index (χ2n) is 8.23. The van der Waals surface area contributed by atoms with Crippen LogP contribution < -0.4 is 20.7 Å². The van der Waals surface area contributed by atoms with Crippen LogP contribution in [0.25, 0.3) is 0 Å². The molecule has 4 rings (SSSR count). The number of piperazine rings is 1. The predicted molar refractivity (Wildman–Crippen MR) is 143 cm³/mol. The number of benzene rings is 1. The van der Waals surface area contributed by atoms with Crippen LogP contribution in [0.4, 0.5) is 0 Å². The van der Waals surface area contributed by atoms with Crippen molar-refractivity contribution in [3.05, 3.63) is 48.3 Å². The SMILES string of the molecule is C.C.CC.CC1(CNCc2ccccc2)CC(OO)C1.COc1cn[nH]c1.C[C@H]1CNCCN1. The van der Waals surface area contributed by atoms with Crippen molar-refractivity contribution in [1.82, 2.24) is 26.1 Å². The molecule has 0 unspecified atom stereocenters. The lowest BCUT2D eigenvalue weighted by atomic mass is 9.68. The summed E-state index contributed by atoms with van der Waals surface area (Å²) in [6.45, 7) is 13.7. The highest BCUT2D eigenvalue weighted by Gasteiger charge is 2.40. The van der Waals surface area contributed by atoms with E-state index in [-0.39, 0.29) is 26.4 Å². The summed E-state index contributed by atoms with van der Waals surface area (Å²) in [7, 11) is 1.60. The van der Waals surface area contributed by atoms with Crippen LogP contribution in [0.5, 0.6) is 5.75 Å². The first-order valence-corrected chi connectivity index (χ1v) is 11.6. The maximum atomic E-state index is 8.50. The number of H-pyrrole nitrogens is 1. The molecule has 1 aliphatic carbocycles. The van der Waals surface area contributed by atoms with E-state index in [4.69, 9.17) is 9.99 Å². The molecule has 1 aliphatic heterocycles. The molecular formula is C26H51N5O3. The zero-order valence-corrected chi connectivity index (χ0v) is 20.4. The fourth-order valence-electron chi connectivity index (χ4n) is 3.51. The minimum atomic E-state index is 0. The van der Waals surface area contributed by atoms with Gasteiger partial charge in [0.1, 0.15) is 0 Å². The van der Waals surface area contributed by atoms with Crippen LogP contribution in [-0.4, -0.2) is 60.9 Å². The number of aromatic amines is 1. The fourth-order valence-corrected chi connectivity index (χ4v) is 3.51. The zero-order chi connectivity index (χ0) is 23.7. The van der Waals surface area contributed by atoms with Gasteiger partial charge >= 0.3 is 0 Å². The first-order chi connectivity index (χ1) is 15.5. The van der Waals surface area contributed by atoms with E-state index >= 15 is 0 Å². The van der Waals surface area contributed by atoms with E-state index in [0.717, 1.165) is 51.3 Å². The Morgan fingerprint density at radius 1 is 1.15 bits per heavy atom. The fraction of sp³-hybridized carbons (Fsp3) is 0.654. The van der Waals surface area contributed by atoms with Gasteiger partial charge in [0.2, 0.25) is 0 Å². The van der Waals surface area contributed by atoms with Crippen LogP contribution in [0.2, 0.25) is 0 Å². The highest BCUT2D eigenvalue weighted by molar-refractivity contribution is 5.14. The number of nitrogens with one attached hydrogen (secondary N) is 4. The number of hydrogen-bond acceptors (Lipinski definition) is 7. The number of nitrogens with zero attached hydrogens (tertiary/aromatic N) is 1. The Kier molecular flexibility index (Phi) is 20.5. The van der Waals surface area contributed by atoms with E-state index in [0.29, 0.717) is 6.04 Å². The highest BCUT2D eigenvalue weighted by Crippen LogP contribution is 2.41. The van der Waals surface area contributed by atoms with Crippen molar-refractivity contribution in [2.45, 2.75) is 74.1 Å². The molecule has 8 heteroatoms. The lowest BCUT2D eigenvalue weighted by molar-refractivity contribution is -0.311. The molecule has 34 heavy (non-hydrogen) atoms. The third-order valence-electron chi connectivity index (χ3n) is 5.27. The van der Waals surface area contributed by atoms with Crippen LogP contribution in [0, 0.1) is 5.41 Å². The second kappa shape index (κ2) is 20.4. The number of hydrogen-bond donors (Lipinski definition) is 5. The van der Waals surface area contributed by atoms with Crippen LogP contribution in [0.15, 0.2) is 42.7 Å². The Balaban J connectivity index is 0. The van der Waals surface area contributed by atoms with Gasteiger partial charge in [0.25, 0.3) is 0 Å². The summed E-state index contributed by atoms with van der Waals surface area (Å²) >= 11 is 0. The summed E-state index contributed by atoms with van der Waals surface area (Å²) in [6.07, 6.45) is 5.21. The van der Waals surface area contributed by atoms with Gasteiger partial charge in [0.05, 0.1) is 25.6 Å². The summed E-state index contributed by atoms with van der Waals surface area (Å²) in [5.41, 5.74) is 1.59. The van der Waals surface area contributed by atoms with Gasteiger partial charge in [-0.1, -0.05) is 66.0 Å². The van der Waals surface area contributed by atoms with Gasteiger partial charge in [-0.15, -0.1) is 0 Å². The average Bonchev–Trinajstić information content (AvgIpc) is 3.35. The van der Waals surface area contributed by atoms with E-state index in [2.05, 4.69) is 69.1 Å². The normalized spacial score (nSPS) is 22.3. The molecule has 1 aromatic heterocycles. The van der Waals surface area contributed by atoms with Gasteiger partial charge in [0.15, 0.2) is 5.75 Å². The molecule has 0 amide bonds. The Hall–Kier alpha value is -1.97. The van der Waals surface area contributed by atoms with Gasteiger partial charge in [0, 0.05) is 38.8 Å². The van der Waals surface area contributed by atoms with Gasteiger partial charge in [-0.3, -0.25) is 10.4 Å². The molecule has 1 aromatic carbocycles. The number of aromatic nitrogens is 2. The van der Waals surface area contributed by atoms with Crippen molar-refractivity contribution in [1.29, 1.82) is 0 Å². The summed E-state index contributed by atoms with van der Waals surface area (Å²) in [6, 6.07) is 11.1. The second-order valence-corrected chi connectivity index (χ2v) is 8.23. The number of ether oxygens (including phenoxy) is 1. The molecule has 2 aromatic rings. The van der Waals surface area contributed by atoms with Gasteiger partial charge in [-0.25, -0.2) is 4.89 Å². The van der Waals surface area contributed by atoms with Crippen molar-refractivity contribution in [2.75, 3.05) is 33.3 Å². The largest absolute Gasteiger partial charge is 0.493 e. The Bertz CT molecular complexity index is 658. The first-order valence-electron chi connectivity index (χ1n) is 11.6. The van der Waals surface area contributed by atoms with Crippen molar-refractivity contribution >= 4 is 0 Å². The van der Waals surface area contributed by atoms with Gasteiger partial charge in [-0.05, 0) is 30.7 Å². The molecule has 1 saturated carbocycles. The molecule has 8 nitrogen and oxygen atoms in total. The van der Waals surface area contributed by atoms with Crippen molar-refractivity contribution < 1.29 is 14.9 Å². The molecule has 0 radical (unpaired) electrons. The molecule has 2 heterocycles. The summed E-state index contributed by atoms with van der Waals surface area (Å²) in [5, 5.41) is 24.8. The van der Waals surface area contributed by atoms with Gasteiger partial charge < -0.3 is 20.7 Å². The van der Waals surface area contributed by atoms with E-state index in [1.54, 1.807) is 19.5 Å². The standard InChI is InChI=1S/C13H19NO2.C5H12N2.C4H6N2O.C2H6.2CH4/c1-13(7-12(8-13)16-15)10-14-9-11-5-3-2-4-6-11;1-5-4-6-2-3-7-5;1-7-4-2-5-6-3-4;1-2;;/h2-6,12,14-15H,7-10H2,1H3;5-7H,2-4H2,1H3;2-3H,1H3,(H,5,6);1-2H3;2*1H4/t;5-;;;;/m.0..../s1. The first kappa shape index (κ1) is 34.2. The molecule has 0 spiro atoms. The van der Waals surface area contributed by atoms with Crippen LogP contribution in [0.3, 0.4) is 0 Å². The lowest BCUT2D eigenvalue weighted by Gasteiger charge is -2.43. The van der Waals surface area contributed by atoms with Crippen LogP contribution in [0.1, 0.15) is 61.0 Å². The Morgan fingerprint density at radius 2 is 1.82 bits per heavy atom. The minimum Gasteiger partial charge on any atom is -0.493 e. The Labute approximate surface area is 208 Å². The van der Waals surface area contributed by atoms with E-state index < -0.39 is 0 Å². The van der Waals surface area contributed by atoms with Crippen molar-refractivity contribution in [2.24, 2.45) is 5.41 Å². The smallest absolute Gasteiger partial charge is 0.156 e. The quantitative estimate of drug-likeness (QED) is 0.300. The monoisotopic (exact) mass is 481 g/mol. The molecule has 1 saturated heterocycles. The molecule has 1 atom stereocenters. The third-order valence-corrected chi connectivity index (χ3v) is 5.27. The zero-order valence-electron chi connectivity index (χ0n) is 20.4. The molecule has 2 aliphatic rings.